The molecule has 1 unspecified atom stereocenters. The number of anilines is 1. The van der Waals surface area contributed by atoms with E-state index < -0.39 is 17.7 Å². The first-order valence-electron chi connectivity index (χ1n) is 7.39. The minimum Gasteiger partial charge on any atom is -0.464 e. The maximum absolute atomic E-state index is 14.3. The van der Waals surface area contributed by atoms with Crippen molar-refractivity contribution in [1.82, 2.24) is 9.55 Å². The zero-order chi connectivity index (χ0) is 18.2. The molecule has 2 aromatic rings. The van der Waals surface area contributed by atoms with Crippen LogP contribution in [0.2, 0.25) is 0 Å². The molecule has 0 bridgehead atoms. The number of rotatable bonds is 8. The number of ether oxygens (including phenoxy) is 1. The third kappa shape index (κ3) is 4.96. The smallest absolute Gasteiger partial charge is 0.302 e. The maximum atomic E-state index is 14.3. The molecule has 2 heterocycles. The molecule has 0 aliphatic rings. The summed E-state index contributed by atoms with van der Waals surface area (Å²) in [4.78, 5) is 26.8. The van der Waals surface area contributed by atoms with Crippen LogP contribution in [0.25, 0.3) is 0 Å². The Bertz CT molecular complexity index is 784. The van der Waals surface area contributed by atoms with E-state index in [1.165, 1.54) is 48.3 Å². The second-order valence-corrected chi connectivity index (χ2v) is 4.98. The van der Waals surface area contributed by atoms with E-state index in [0.29, 0.717) is 4.73 Å². The molecule has 0 aliphatic carbocycles. The van der Waals surface area contributed by atoms with E-state index >= 15 is 0 Å². The molecule has 0 saturated carbocycles. The fourth-order valence-electron chi connectivity index (χ4n) is 2.07. The summed E-state index contributed by atoms with van der Waals surface area (Å²) in [7, 11) is 0. The Balaban J connectivity index is 2.03. The first-order valence-corrected chi connectivity index (χ1v) is 7.39. The van der Waals surface area contributed by atoms with Crippen LogP contribution in [-0.4, -0.2) is 28.7 Å². The lowest BCUT2D eigenvalue weighted by Gasteiger charge is -2.10. The number of aromatic nitrogens is 3. The van der Waals surface area contributed by atoms with E-state index in [4.69, 9.17) is 4.74 Å². The van der Waals surface area contributed by atoms with Gasteiger partial charge in [-0.3, -0.25) is 9.59 Å². The van der Waals surface area contributed by atoms with Gasteiger partial charge in [0.25, 0.3) is 11.3 Å². The average molecular weight is 355 g/mol. The second kappa shape index (κ2) is 8.71. The molecule has 2 rings (SSSR count). The molecule has 0 aromatic carbocycles. The number of hydrogen-bond donors (Lipinski definition) is 1. The Morgan fingerprint density at radius 1 is 1.48 bits per heavy atom. The number of carbonyl (C=O) groups excluding carboxylic acids is 1. The van der Waals surface area contributed by atoms with Gasteiger partial charge < -0.3 is 14.6 Å². The average Bonchev–Trinajstić information content (AvgIpc) is 2.61. The summed E-state index contributed by atoms with van der Waals surface area (Å²) < 4.78 is 33.3. The SMILES string of the molecule is CC(=O)OCCn1ccnc(NCC(F)c2cccc[n+]2OF)c1=O. The first kappa shape index (κ1) is 18.3. The number of alkyl halides is 1. The summed E-state index contributed by atoms with van der Waals surface area (Å²) in [5.74, 6) is -0.524. The Morgan fingerprint density at radius 3 is 3.00 bits per heavy atom. The highest BCUT2D eigenvalue weighted by molar-refractivity contribution is 5.65. The monoisotopic (exact) mass is 355 g/mol. The van der Waals surface area contributed by atoms with Crippen molar-refractivity contribution in [2.75, 3.05) is 18.5 Å². The molecule has 0 aliphatic heterocycles. The number of nitrogens with zero attached hydrogens (tertiary/aromatic N) is 3. The van der Waals surface area contributed by atoms with Gasteiger partial charge in [0.05, 0.1) is 22.3 Å². The first-order chi connectivity index (χ1) is 12.0. The molecule has 1 N–H and O–H groups in total. The third-order valence-electron chi connectivity index (χ3n) is 3.25. The standard InChI is InChI=1S/C15H17F2N4O4/c1-11(22)24-9-8-20-7-5-18-14(15(20)23)19-10-12(16)13-4-2-3-6-21(13)25-17/h2-7,12H,8-10H2,1H3,(H,18,19)/q+1. The third-order valence-corrected chi connectivity index (χ3v) is 3.25. The van der Waals surface area contributed by atoms with E-state index in [1.807, 2.05) is 0 Å². The van der Waals surface area contributed by atoms with Gasteiger partial charge in [0.15, 0.2) is 5.82 Å². The highest BCUT2D eigenvalue weighted by Crippen LogP contribution is 2.13. The number of halogens is 2. The summed E-state index contributed by atoms with van der Waals surface area (Å²) in [5.41, 5.74) is -0.562. The molecule has 134 valence electrons. The lowest BCUT2D eigenvalue weighted by atomic mass is 10.2. The zero-order valence-electron chi connectivity index (χ0n) is 13.4. The van der Waals surface area contributed by atoms with Crippen molar-refractivity contribution in [1.29, 1.82) is 0 Å². The molecule has 10 heteroatoms. The van der Waals surface area contributed by atoms with Gasteiger partial charge in [0.2, 0.25) is 12.4 Å². The molecule has 0 fully saturated rings. The molecular weight excluding hydrogens is 338 g/mol. The Morgan fingerprint density at radius 2 is 2.28 bits per heavy atom. The van der Waals surface area contributed by atoms with E-state index in [9.17, 15) is 18.5 Å². The molecule has 0 saturated heterocycles. The molecule has 0 amide bonds. The number of nitrogens with one attached hydrogen (secondary N) is 1. The molecule has 8 nitrogen and oxygen atoms in total. The number of hydrogen-bond acceptors (Lipinski definition) is 6. The Labute approximate surface area is 141 Å². The lowest BCUT2D eigenvalue weighted by molar-refractivity contribution is -0.942. The Kier molecular flexibility index (Phi) is 6.38. The fraction of sp³-hybridized carbons (Fsp3) is 0.333. The van der Waals surface area contributed by atoms with Crippen LogP contribution in [0.15, 0.2) is 41.6 Å². The largest absolute Gasteiger partial charge is 0.464 e. The highest BCUT2D eigenvalue weighted by Gasteiger charge is 2.24. The molecule has 1 atom stereocenters. The van der Waals surface area contributed by atoms with Gasteiger partial charge in [-0.15, -0.1) is 0 Å². The van der Waals surface area contributed by atoms with Gasteiger partial charge in [-0.1, -0.05) is 0 Å². The van der Waals surface area contributed by atoms with Gasteiger partial charge in [-0.2, -0.15) is 0 Å². The summed E-state index contributed by atoms with van der Waals surface area (Å²) in [6.07, 6.45) is 2.35. The molecule has 0 spiro atoms. The minimum absolute atomic E-state index is 0.0300. The van der Waals surface area contributed by atoms with Crippen molar-refractivity contribution in [3.8, 4) is 0 Å². The minimum atomic E-state index is -1.65. The molecular formula is C15H17F2N4O4+. The van der Waals surface area contributed by atoms with Gasteiger partial charge in [0.1, 0.15) is 6.61 Å². The van der Waals surface area contributed by atoms with Gasteiger partial charge >= 0.3 is 5.97 Å². The summed E-state index contributed by atoms with van der Waals surface area (Å²) in [5, 5.41) is 6.13. The predicted molar refractivity (Wildman–Crippen MR) is 81.8 cm³/mol. The summed E-state index contributed by atoms with van der Waals surface area (Å²) in [6, 6.07) is 4.35. The number of esters is 1. The van der Waals surface area contributed by atoms with Crippen LogP contribution in [0, 0.1) is 0 Å². The summed E-state index contributed by atoms with van der Waals surface area (Å²) >= 11 is 0. The van der Waals surface area contributed by atoms with Crippen LogP contribution in [-0.2, 0) is 16.1 Å². The predicted octanol–water partition coefficient (Wildman–Crippen LogP) is 0.530. The maximum Gasteiger partial charge on any atom is 0.302 e. The van der Waals surface area contributed by atoms with Gasteiger partial charge in [0, 0.05) is 31.5 Å². The second-order valence-electron chi connectivity index (χ2n) is 4.98. The fourth-order valence-corrected chi connectivity index (χ4v) is 2.07. The van der Waals surface area contributed by atoms with E-state index in [-0.39, 0.29) is 31.2 Å². The van der Waals surface area contributed by atoms with Crippen LogP contribution in [0.1, 0.15) is 18.8 Å². The molecule has 0 radical (unpaired) electrons. The summed E-state index contributed by atoms with van der Waals surface area (Å²) in [6.45, 7) is 1.12. The van der Waals surface area contributed by atoms with E-state index in [2.05, 4.69) is 15.3 Å². The van der Waals surface area contributed by atoms with Crippen LogP contribution in [0.3, 0.4) is 0 Å². The normalized spacial score (nSPS) is 11.6. The van der Waals surface area contributed by atoms with Crippen LogP contribution >= 0.6 is 0 Å². The van der Waals surface area contributed by atoms with Crippen LogP contribution in [0.4, 0.5) is 14.7 Å². The quantitative estimate of drug-likeness (QED) is 0.549. The van der Waals surface area contributed by atoms with Crippen LogP contribution in [0.5, 0.6) is 0 Å². The Hall–Kier alpha value is -3.04. The molecule has 2 aromatic heterocycles. The lowest BCUT2D eigenvalue weighted by Crippen LogP contribution is -2.43. The highest BCUT2D eigenvalue weighted by atomic mass is 19.3. The van der Waals surface area contributed by atoms with Gasteiger partial charge in [-0.25, -0.2) is 9.37 Å². The topological polar surface area (TPSA) is 86.3 Å². The van der Waals surface area contributed by atoms with Crippen molar-refractivity contribution in [2.24, 2.45) is 0 Å². The van der Waals surface area contributed by atoms with E-state index in [0.717, 1.165) is 0 Å². The van der Waals surface area contributed by atoms with E-state index in [1.54, 1.807) is 0 Å². The van der Waals surface area contributed by atoms with Crippen molar-refractivity contribution >= 4 is 11.8 Å². The van der Waals surface area contributed by atoms with Gasteiger partial charge in [-0.05, 0) is 11.1 Å². The molecule has 25 heavy (non-hydrogen) atoms. The van der Waals surface area contributed by atoms with Crippen molar-refractivity contribution in [3.63, 3.8) is 0 Å². The zero-order valence-corrected chi connectivity index (χ0v) is 13.4. The van der Waals surface area contributed by atoms with Crippen LogP contribution < -0.4 is 20.6 Å². The number of carbonyl (C=O) groups is 1. The van der Waals surface area contributed by atoms with Crippen molar-refractivity contribution < 1.29 is 28.2 Å². The number of pyridine rings is 1. The van der Waals surface area contributed by atoms with Crippen molar-refractivity contribution in [2.45, 2.75) is 19.6 Å². The van der Waals surface area contributed by atoms with Crippen molar-refractivity contribution in [3.05, 3.63) is 52.8 Å².